The molecule has 0 bridgehead atoms. The number of fused-ring (bicyclic) bond motifs is 1. The summed E-state index contributed by atoms with van der Waals surface area (Å²) in [5, 5.41) is 2.92. The van der Waals surface area contributed by atoms with Crippen molar-refractivity contribution in [2.75, 3.05) is 20.1 Å². The summed E-state index contributed by atoms with van der Waals surface area (Å²) >= 11 is 0. The molecule has 0 heterocycles. The molecule has 0 radical (unpaired) electrons. The SMILES string of the molecule is CN(CC(=O)NC(C)(C)C)C(=O)CN(C1CC1)C1CCCc2ccccc21. The monoisotopic (exact) mass is 371 g/mol. The third-order valence-electron chi connectivity index (χ3n) is 5.39. The van der Waals surface area contributed by atoms with Crippen molar-refractivity contribution in [1.82, 2.24) is 15.1 Å². The molecule has 0 saturated heterocycles. The number of carbonyl (C=O) groups is 2. The van der Waals surface area contributed by atoms with Gasteiger partial charge in [-0.05, 0) is 64.0 Å². The molecule has 0 aliphatic heterocycles. The molecule has 1 N–H and O–H groups in total. The van der Waals surface area contributed by atoms with Gasteiger partial charge in [-0.15, -0.1) is 0 Å². The van der Waals surface area contributed by atoms with Gasteiger partial charge in [-0.25, -0.2) is 0 Å². The van der Waals surface area contributed by atoms with Gasteiger partial charge in [-0.1, -0.05) is 24.3 Å². The molecule has 3 rings (SSSR count). The second-order valence-electron chi connectivity index (χ2n) is 9.06. The molecule has 0 spiro atoms. The molecule has 148 valence electrons. The molecule has 1 saturated carbocycles. The fraction of sp³-hybridized carbons (Fsp3) is 0.636. The van der Waals surface area contributed by atoms with Crippen LogP contribution in [0.15, 0.2) is 24.3 Å². The Morgan fingerprint density at radius 3 is 2.48 bits per heavy atom. The first-order valence-electron chi connectivity index (χ1n) is 10.1. The molecule has 1 aromatic carbocycles. The molecule has 2 aliphatic carbocycles. The highest BCUT2D eigenvalue weighted by Crippen LogP contribution is 2.40. The molecule has 1 aromatic rings. The molecule has 0 aromatic heterocycles. The third kappa shape index (κ3) is 5.32. The minimum atomic E-state index is -0.285. The molecular formula is C22H33N3O2. The molecule has 2 amide bonds. The van der Waals surface area contributed by atoms with Crippen LogP contribution in [0.5, 0.6) is 0 Å². The first kappa shape index (κ1) is 19.9. The van der Waals surface area contributed by atoms with Crippen molar-refractivity contribution in [3.8, 4) is 0 Å². The van der Waals surface area contributed by atoms with Crippen LogP contribution in [0.4, 0.5) is 0 Å². The van der Waals surface area contributed by atoms with Crippen molar-refractivity contribution in [3.63, 3.8) is 0 Å². The Hall–Kier alpha value is -1.88. The molecule has 2 aliphatic rings. The van der Waals surface area contributed by atoms with Crippen molar-refractivity contribution < 1.29 is 9.59 Å². The van der Waals surface area contributed by atoms with Crippen LogP contribution in [0, 0.1) is 0 Å². The van der Waals surface area contributed by atoms with Gasteiger partial charge in [-0.3, -0.25) is 14.5 Å². The van der Waals surface area contributed by atoms with E-state index < -0.39 is 0 Å². The largest absolute Gasteiger partial charge is 0.350 e. The number of aryl methyl sites for hydroxylation is 1. The van der Waals surface area contributed by atoms with E-state index in [-0.39, 0.29) is 23.9 Å². The van der Waals surface area contributed by atoms with E-state index in [1.807, 2.05) is 20.8 Å². The Bertz CT molecular complexity index is 691. The number of rotatable bonds is 6. The van der Waals surface area contributed by atoms with Crippen LogP contribution < -0.4 is 5.32 Å². The predicted molar refractivity (Wildman–Crippen MR) is 107 cm³/mol. The Morgan fingerprint density at radius 1 is 1.11 bits per heavy atom. The second-order valence-corrected chi connectivity index (χ2v) is 9.06. The number of carbonyl (C=O) groups excluding carboxylic acids is 2. The highest BCUT2D eigenvalue weighted by Gasteiger charge is 2.37. The topological polar surface area (TPSA) is 52.7 Å². The molecule has 5 heteroatoms. The van der Waals surface area contributed by atoms with Crippen LogP contribution in [-0.2, 0) is 16.0 Å². The zero-order valence-corrected chi connectivity index (χ0v) is 17.1. The minimum absolute atomic E-state index is 0.0222. The highest BCUT2D eigenvalue weighted by atomic mass is 16.2. The number of amides is 2. The Morgan fingerprint density at radius 2 is 1.81 bits per heavy atom. The average Bonchev–Trinajstić information content (AvgIpc) is 3.42. The van der Waals surface area contributed by atoms with E-state index in [0.717, 1.165) is 12.8 Å². The number of likely N-dealkylation sites (N-methyl/N-ethyl adjacent to an activating group) is 1. The van der Waals surface area contributed by atoms with E-state index in [9.17, 15) is 9.59 Å². The van der Waals surface area contributed by atoms with E-state index >= 15 is 0 Å². The van der Waals surface area contributed by atoms with Crippen LogP contribution in [-0.4, -0.2) is 53.3 Å². The number of hydrogen-bond donors (Lipinski definition) is 1. The molecular weight excluding hydrogens is 338 g/mol. The van der Waals surface area contributed by atoms with E-state index in [2.05, 4.69) is 34.5 Å². The molecule has 5 nitrogen and oxygen atoms in total. The lowest BCUT2D eigenvalue weighted by molar-refractivity contribution is -0.136. The Balaban J connectivity index is 1.65. The quantitative estimate of drug-likeness (QED) is 0.837. The average molecular weight is 372 g/mol. The standard InChI is InChI=1S/C22H33N3O2/c1-22(2,3)23-20(26)14-24(4)21(27)15-25(17-12-13-17)19-11-7-9-16-8-5-6-10-18(16)19/h5-6,8,10,17,19H,7,9,11-15H2,1-4H3,(H,23,26). The van der Waals surface area contributed by atoms with Crippen LogP contribution in [0.1, 0.15) is 63.6 Å². The predicted octanol–water partition coefficient (Wildman–Crippen LogP) is 2.90. The summed E-state index contributed by atoms with van der Waals surface area (Å²) in [4.78, 5) is 28.9. The van der Waals surface area contributed by atoms with Crippen molar-refractivity contribution >= 4 is 11.8 Å². The van der Waals surface area contributed by atoms with Gasteiger partial charge in [0.1, 0.15) is 0 Å². The number of hydrogen-bond acceptors (Lipinski definition) is 3. The van der Waals surface area contributed by atoms with E-state index in [0.29, 0.717) is 18.6 Å². The summed E-state index contributed by atoms with van der Waals surface area (Å²) in [7, 11) is 1.73. The third-order valence-corrected chi connectivity index (χ3v) is 5.39. The summed E-state index contributed by atoms with van der Waals surface area (Å²) in [5.41, 5.74) is 2.52. The van der Waals surface area contributed by atoms with Crippen molar-refractivity contribution in [1.29, 1.82) is 0 Å². The van der Waals surface area contributed by atoms with Crippen molar-refractivity contribution in [2.45, 2.75) is 70.5 Å². The van der Waals surface area contributed by atoms with Gasteiger partial charge in [0, 0.05) is 24.7 Å². The summed E-state index contributed by atoms with van der Waals surface area (Å²) in [6, 6.07) is 9.48. The highest BCUT2D eigenvalue weighted by molar-refractivity contribution is 5.85. The van der Waals surface area contributed by atoms with E-state index in [1.54, 1.807) is 11.9 Å². The molecule has 27 heavy (non-hydrogen) atoms. The maximum absolute atomic E-state index is 12.8. The second kappa shape index (κ2) is 8.01. The lowest BCUT2D eigenvalue weighted by atomic mass is 9.86. The smallest absolute Gasteiger partial charge is 0.240 e. The number of nitrogens with zero attached hydrogens (tertiary/aromatic N) is 2. The fourth-order valence-corrected chi connectivity index (χ4v) is 4.01. The molecule has 1 unspecified atom stereocenters. The van der Waals surface area contributed by atoms with Crippen LogP contribution >= 0.6 is 0 Å². The maximum Gasteiger partial charge on any atom is 0.240 e. The number of benzene rings is 1. The van der Waals surface area contributed by atoms with Gasteiger partial charge in [0.15, 0.2) is 0 Å². The molecule has 1 atom stereocenters. The van der Waals surface area contributed by atoms with Gasteiger partial charge in [0.25, 0.3) is 0 Å². The first-order chi connectivity index (χ1) is 12.7. The summed E-state index contributed by atoms with van der Waals surface area (Å²) in [6.45, 7) is 6.34. The van der Waals surface area contributed by atoms with Crippen molar-refractivity contribution in [3.05, 3.63) is 35.4 Å². The van der Waals surface area contributed by atoms with Crippen LogP contribution in [0.2, 0.25) is 0 Å². The van der Waals surface area contributed by atoms with Gasteiger partial charge < -0.3 is 10.2 Å². The Labute approximate surface area is 163 Å². The first-order valence-corrected chi connectivity index (χ1v) is 10.1. The van der Waals surface area contributed by atoms with Crippen LogP contribution in [0.3, 0.4) is 0 Å². The number of nitrogens with one attached hydrogen (secondary N) is 1. The van der Waals surface area contributed by atoms with Gasteiger partial charge in [-0.2, -0.15) is 0 Å². The Kier molecular flexibility index (Phi) is 5.89. The zero-order chi connectivity index (χ0) is 19.6. The van der Waals surface area contributed by atoms with Crippen LogP contribution in [0.25, 0.3) is 0 Å². The molecule has 1 fully saturated rings. The summed E-state index contributed by atoms with van der Waals surface area (Å²) in [6.07, 6.45) is 5.74. The lowest BCUT2D eigenvalue weighted by Gasteiger charge is -2.36. The fourth-order valence-electron chi connectivity index (χ4n) is 4.01. The normalized spacial score (nSPS) is 19.5. The van der Waals surface area contributed by atoms with Gasteiger partial charge in [0.2, 0.25) is 11.8 Å². The van der Waals surface area contributed by atoms with Gasteiger partial charge in [0.05, 0.1) is 13.1 Å². The van der Waals surface area contributed by atoms with Crippen molar-refractivity contribution in [2.24, 2.45) is 0 Å². The van der Waals surface area contributed by atoms with E-state index in [1.165, 1.54) is 30.4 Å². The lowest BCUT2D eigenvalue weighted by Crippen LogP contribution is -2.48. The zero-order valence-electron chi connectivity index (χ0n) is 17.1. The van der Waals surface area contributed by atoms with E-state index in [4.69, 9.17) is 0 Å². The minimum Gasteiger partial charge on any atom is -0.350 e. The summed E-state index contributed by atoms with van der Waals surface area (Å²) < 4.78 is 0. The maximum atomic E-state index is 12.8. The summed E-state index contributed by atoms with van der Waals surface area (Å²) in [5.74, 6) is -0.0895. The van der Waals surface area contributed by atoms with Gasteiger partial charge >= 0.3 is 0 Å².